The molecule has 0 radical (unpaired) electrons. The number of benzene rings is 2. The molecule has 0 aliphatic rings. The molecule has 6 nitrogen and oxygen atoms in total. The van der Waals surface area contributed by atoms with Crippen LogP contribution in [0.15, 0.2) is 60.9 Å². The zero-order valence-electron chi connectivity index (χ0n) is 16.4. The summed E-state index contributed by atoms with van der Waals surface area (Å²) in [6, 6.07) is 15.6. The lowest BCUT2D eigenvalue weighted by Gasteiger charge is -2.10. The number of fused-ring (bicyclic) bond motifs is 1. The van der Waals surface area contributed by atoms with E-state index in [1.165, 1.54) is 0 Å². The van der Waals surface area contributed by atoms with E-state index in [1.807, 2.05) is 61.7 Å². The summed E-state index contributed by atoms with van der Waals surface area (Å²) >= 11 is 0. The van der Waals surface area contributed by atoms with Gasteiger partial charge in [0.05, 0.1) is 18.4 Å². The molecule has 4 aromatic rings. The van der Waals surface area contributed by atoms with Crippen LogP contribution in [0, 0.1) is 6.92 Å². The Bertz CT molecular complexity index is 1150. The van der Waals surface area contributed by atoms with Gasteiger partial charge in [-0.3, -0.25) is 4.79 Å². The highest BCUT2D eigenvalue weighted by Crippen LogP contribution is 2.24. The Morgan fingerprint density at radius 1 is 1.17 bits per heavy atom. The lowest BCUT2D eigenvalue weighted by Crippen LogP contribution is -2.26. The predicted octanol–water partition coefficient (Wildman–Crippen LogP) is 3.91. The Balaban J connectivity index is 1.50. The smallest absolute Gasteiger partial charge is 0.255 e. The van der Waals surface area contributed by atoms with Gasteiger partial charge >= 0.3 is 0 Å². The fourth-order valence-electron chi connectivity index (χ4n) is 3.35. The predicted molar refractivity (Wildman–Crippen MR) is 113 cm³/mol. The van der Waals surface area contributed by atoms with Gasteiger partial charge in [-0.2, -0.15) is 0 Å². The van der Waals surface area contributed by atoms with Gasteiger partial charge in [0.1, 0.15) is 11.6 Å². The van der Waals surface area contributed by atoms with Gasteiger partial charge in [-0.25, -0.2) is 9.97 Å². The van der Waals surface area contributed by atoms with E-state index < -0.39 is 0 Å². The van der Waals surface area contributed by atoms with E-state index in [-0.39, 0.29) is 5.91 Å². The van der Waals surface area contributed by atoms with Gasteiger partial charge in [-0.05, 0) is 37.1 Å². The first kappa shape index (κ1) is 18.7. The largest absolute Gasteiger partial charge is 0.497 e. The Hall–Kier alpha value is -3.67. The van der Waals surface area contributed by atoms with E-state index in [2.05, 4.69) is 20.3 Å². The molecule has 0 saturated heterocycles. The average molecular weight is 386 g/mol. The number of H-pyrrole nitrogens is 1. The molecule has 2 heterocycles. The third kappa shape index (κ3) is 3.96. The zero-order chi connectivity index (χ0) is 20.2. The molecular formula is C23H22N4O2. The summed E-state index contributed by atoms with van der Waals surface area (Å²) in [5.74, 6) is 1.26. The second kappa shape index (κ2) is 8.14. The minimum absolute atomic E-state index is 0.179. The maximum Gasteiger partial charge on any atom is 0.255 e. The van der Waals surface area contributed by atoms with Crippen molar-refractivity contribution >= 4 is 16.8 Å². The number of methoxy groups -OCH3 is 1. The molecule has 0 unspecified atom stereocenters. The average Bonchev–Trinajstić information content (AvgIpc) is 3.16. The number of aromatic amines is 1. The van der Waals surface area contributed by atoms with Crippen LogP contribution in [0.1, 0.15) is 21.7 Å². The van der Waals surface area contributed by atoms with E-state index in [4.69, 9.17) is 4.74 Å². The number of rotatable bonds is 6. The molecule has 0 spiro atoms. The van der Waals surface area contributed by atoms with Crippen molar-refractivity contribution in [2.75, 3.05) is 13.7 Å². The molecule has 0 saturated carbocycles. The van der Waals surface area contributed by atoms with Crippen molar-refractivity contribution in [3.63, 3.8) is 0 Å². The van der Waals surface area contributed by atoms with Gasteiger partial charge in [-0.15, -0.1) is 0 Å². The van der Waals surface area contributed by atoms with Crippen molar-refractivity contribution in [3.8, 4) is 17.0 Å². The number of carbonyl (C=O) groups is 1. The Morgan fingerprint density at radius 2 is 2.00 bits per heavy atom. The van der Waals surface area contributed by atoms with Crippen molar-refractivity contribution in [3.05, 3.63) is 77.9 Å². The van der Waals surface area contributed by atoms with Crippen LogP contribution >= 0.6 is 0 Å². The van der Waals surface area contributed by atoms with Crippen LogP contribution in [0.2, 0.25) is 0 Å². The van der Waals surface area contributed by atoms with E-state index in [1.54, 1.807) is 13.3 Å². The number of amides is 1. The molecule has 1 amide bonds. The number of ether oxygens (including phenoxy) is 1. The SMILES string of the molecule is COc1ccc2[nH]cc(CCNC(=O)c3cnc(C)nc3-c3ccccc3)c2c1. The number of aryl methyl sites for hydroxylation is 1. The second-order valence-corrected chi connectivity index (χ2v) is 6.78. The maximum absolute atomic E-state index is 12.8. The molecule has 6 heteroatoms. The standard InChI is InChI=1S/C23H22N4O2/c1-15-25-14-20(22(27-15)16-6-4-3-5-7-16)23(28)24-11-10-17-13-26-21-9-8-18(29-2)12-19(17)21/h3-9,12-14,26H,10-11H2,1-2H3,(H,24,28). The molecule has 2 aromatic carbocycles. The molecule has 0 bridgehead atoms. The highest BCUT2D eigenvalue weighted by Gasteiger charge is 2.15. The van der Waals surface area contributed by atoms with E-state index in [9.17, 15) is 4.79 Å². The van der Waals surface area contributed by atoms with Crippen molar-refractivity contribution in [1.82, 2.24) is 20.3 Å². The normalized spacial score (nSPS) is 10.8. The minimum Gasteiger partial charge on any atom is -0.497 e. The van der Waals surface area contributed by atoms with Crippen molar-refractivity contribution in [2.45, 2.75) is 13.3 Å². The van der Waals surface area contributed by atoms with Gasteiger partial charge in [-0.1, -0.05) is 30.3 Å². The van der Waals surface area contributed by atoms with Gasteiger partial charge in [0, 0.05) is 35.4 Å². The summed E-state index contributed by atoms with van der Waals surface area (Å²) in [7, 11) is 1.65. The lowest BCUT2D eigenvalue weighted by molar-refractivity contribution is 0.0954. The van der Waals surface area contributed by atoms with Crippen molar-refractivity contribution < 1.29 is 9.53 Å². The molecule has 2 N–H and O–H groups in total. The Morgan fingerprint density at radius 3 is 2.79 bits per heavy atom. The lowest BCUT2D eigenvalue weighted by atomic mass is 10.1. The van der Waals surface area contributed by atoms with E-state index >= 15 is 0 Å². The maximum atomic E-state index is 12.8. The van der Waals surface area contributed by atoms with Crippen molar-refractivity contribution in [2.24, 2.45) is 0 Å². The van der Waals surface area contributed by atoms with Gasteiger partial charge in [0.15, 0.2) is 0 Å². The number of carbonyl (C=O) groups excluding carboxylic acids is 1. The zero-order valence-corrected chi connectivity index (χ0v) is 16.4. The molecule has 2 aromatic heterocycles. The van der Waals surface area contributed by atoms with Crippen LogP contribution in [0.25, 0.3) is 22.2 Å². The molecule has 29 heavy (non-hydrogen) atoms. The van der Waals surface area contributed by atoms with Crippen LogP contribution in [-0.2, 0) is 6.42 Å². The highest BCUT2D eigenvalue weighted by molar-refractivity contribution is 5.99. The van der Waals surface area contributed by atoms with Crippen LogP contribution in [0.5, 0.6) is 5.75 Å². The number of nitrogens with zero attached hydrogens (tertiary/aromatic N) is 2. The molecule has 0 aliphatic heterocycles. The first-order valence-electron chi connectivity index (χ1n) is 9.47. The highest BCUT2D eigenvalue weighted by atomic mass is 16.5. The Kier molecular flexibility index (Phi) is 5.24. The summed E-state index contributed by atoms with van der Waals surface area (Å²) in [5, 5.41) is 4.10. The van der Waals surface area contributed by atoms with Gasteiger partial charge in [0.2, 0.25) is 0 Å². The quantitative estimate of drug-likeness (QED) is 0.526. The van der Waals surface area contributed by atoms with Crippen LogP contribution in [-0.4, -0.2) is 34.5 Å². The van der Waals surface area contributed by atoms with Gasteiger partial charge in [0.25, 0.3) is 5.91 Å². The number of hydrogen-bond acceptors (Lipinski definition) is 4. The minimum atomic E-state index is -0.179. The molecule has 4 rings (SSSR count). The van der Waals surface area contributed by atoms with E-state index in [0.717, 1.165) is 27.8 Å². The summed E-state index contributed by atoms with van der Waals surface area (Å²) in [6.45, 7) is 2.32. The van der Waals surface area contributed by atoms with E-state index in [0.29, 0.717) is 30.0 Å². The second-order valence-electron chi connectivity index (χ2n) is 6.78. The topological polar surface area (TPSA) is 79.9 Å². The molecule has 0 fully saturated rings. The first-order valence-corrected chi connectivity index (χ1v) is 9.47. The molecular weight excluding hydrogens is 364 g/mol. The molecule has 0 atom stereocenters. The summed E-state index contributed by atoms with van der Waals surface area (Å²) in [4.78, 5) is 24.8. The third-order valence-corrected chi connectivity index (χ3v) is 4.86. The molecule has 0 aliphatic carbocycles. The first-order chi connectivity index (χ1) is 14.2. The fraction of sp³-hybridized carbons (Fsp3) is 0.174. The number of hydrogen-bond donors (Lipinski definition) is 2. The number of nitrogens with one attached hydrogen (secondary N) is 2. The van der Waals surface area contributed by atoms with Crippen LogP contribution in [0.4, 0.5) is 0 Å². The third-order valence-electron chi connectivity index (χ3n) is 4.86. The van der Waals surface area contributed by atoms with Gasteiger partial charge < -0.3 is 15.0 Å². The summed E-state index contributed by atoms with van der Waals surface area (Å²) in [6.07, 6.45) is 4.27. The monoisotopic (exact) mass is 386 g/mol. The fourth-order valence-corrected chi connectivity index (χ4v) is 3.35. The van der Waals surface area contributed by atoms with Crippen molar-refractivity contribution in [1.29, 1.82) is 0 Å². The van der Waals surface area contributed by atoms with Crippen LogP contribution in [0.3, 0.4) is 0 Å². The van der Waals surface area contributed by atoms with Crippen LogP contribution < -0.4 is 10.1 Å². The Labute approximate surface area is 169 Å². The molecule has 146 valence electrons. The number of aromatic nitrogens is 3. The summed E-state index contributed by atoms with van der Waals surface area (Å²) < 4.78 is 5.31. The summed E-state index contributed by atoms with van der Waals surface area (Å²) in [5.41, 5.74) is 4.19.